The molecule has 1 heteroatoms. The van der Waals surface area contributed by atoms with Gasteiger partial charge in [0.1, 0.15) is 0 Å². The average Bonchev–Trinajstić information content (AvgIpc) is 2.68. The molecule has 2 aliphatic rings. The van der Waals surface area contributed by atoms with E-state index in [0.717, 1.165) is 0 Å². The molecule has 0 amide bonds. The predicted octanol–water partition coefficient (Wildman–Crippen LogP) is 3.93. The van der Waals surface area contributed by atoms with Gasteiger partial charge in [0.2, 0.25) is 0 Å². The average molecular weight is 263 g/mol. The summed E-state index contributed by atoms with van der Waals surface area (Å²) >= 11 is -0.436. The van der Waals surface area contributed by atoms with Gasteiger partial charge in [-0.15, -0.1) is 0 Å². The van der Waals surface area contributed by atoms with E-state index in [2.05, 4.69) is 39.0 Å². The van der Waals surface area contributed by atoms with E-state index in [1.54, 1.807) is 23.3 Å². The topological polar surface area (TPSA) is 0 Å². The van der Waals surface area contributed by atoms with Crippen LogP contribution in [0.2, 0.25) is 0 Å². The molecule has 0 aromatic carbocycles. The van der Waals surface area contributed by atoms with E-state index in [1.807, 2.05) is 0 Å². The fraction of sp³-hybridized carbons (Fsp3) is 0.385. The third-order valence-electron chi connectivity index (χ3n) is 3.11. The van der Waals surface area contributed by atoms with E-state index in [4.69, 9.17) is 0 Å². The summed E-state index contributed by atoms with van der Waals surface area (Å²) in [6, 6.07) is 0. The second kappa shape index (κ2) is 4.15. The molecule has 14 heavy (non-hydrogen) atoms. The maximum absolute atomic E-state index is 2.47. The van der Waals surface area contributed by atoms with Crippen LogP contribution in [0.1, 0.15) is 33.6 Å². The molecule has 0 unspecified atom stereocenters. The molecule has 0 spiro atoms. The zero-order chi connectivity index (χ0) is 10.1. The van der Waals surface area contributed by atoms with Gasteiger partial charge in [0.25, 0.3) is 0 Å². The van der Waals surface area contributed by atoms with Crippen molar-refractivity contribution in [3.05, 3.63) is 41.5 Å². The number of rotatable bonds is 2. The van der Waals surface area contributed by atoms with Crippen molar-refractivity contribution in [1.82, 2.24) is 0 Å². The maximum atomic E-state index is 2.47. The fourth-order valence-corrected chi connectivity index (χ4v) is 5.38. The molecular weight excluding hydrogens is 247 g/mol. The van der Waals surface area contributed by atoms with Gasteiger partial charge in [0, 0.05) is 0 Å². The van der Waals surface area contributed by atoms with Crippen molar-refractivity contribution < 1.29 is 23.2 Å². The van der Waals surface area contributed by atoms with Gasteiger partial charge in [0.15, 0.2) is 0 Å². The van der Waals surface area contributed by atoms with Crippen LogP contribution in [0, 0.1) is 0 Å². The van der Waals surface area contributed by atoms with E-state index < -0.39 is 23.2 Å². The molecule has 0 heterocycles. The molecule has 2 rings (SSSR count). The van der Waals surface area contributed by atoms with Crippen LogP contribution in [-0.2, 0) is 23.2 Å². The van der Waals surface area contributed by atoms with Crippen molar-refractivity contribution in [2.75, 3.05) is 0 Å². The SMILES string of the molecule is CC1=[C]([Zr][C]2=CCC(C)=C2C)CC=C1. The Morgan fingerprint density at radius 1 is 1.14 bits per heavy atom. The van der Waals surface area contributed by atoms with Crippen molar-refractivity contribution in [2.24, 2.45) is 0 Å². The van der Waals surface area contributed by atoms with Crippen molar-refractivity contribution in [1.29, 1.82) is 0 Å². The van der Waals surface area contributed by atoms with Gasteiger partial charge in [-0.05, 0) is 0 Å². The Kier molecular flexibility index (Phi) is 3.07. The third kappa shape index (κ3) is 1.93. The van der Waals surface area contributed by atoms with Gasteiger partial charge in [0.05, 0.1) is 0 Å². The van der Waals surface area contributed by atoms with Crippen LogP contribution in [0.5, 0.6) is 0 Å². The number of hydrogen-bond acceptors (Lipinski definition) is 0. The number of hydrogen-bond donors (Lipinski definition) is 0. The molecular formula is C13H16Zr. The van der Waals surface area contributed by atoms with Crippen molar-refractivity contribution in [3.8, 4) is 0 Å². The minimum absolute atomic E-state index is 0.436. The van der Waals surface area contributed by atoms with E-state index in [0.29, 0.717) is 0 Å². The first-order valence-electron chi connectivity index (χ1n) is 5.18. The van der Waals surface area contributed by atoms with Crippen LogP contribution in [0.15, 0.2) is 41.5 Å². The standard InChI is InChI=1S/C7H9.C6H7.Zr/c1-6-4-3-5-7(6)2;1-6-4-2-3-5-6;/h3H,4H2,1-2H3;2,4H,3H2,1H3;. The molecule has 0 aromatic heterocycles. The summed E-state index contributed by atoms with van der Waals surface area (Å²) in [5, 5.41) is 0. The van der Waals surface area contributed by atoms with Gasteiger partial charge in [-0.3, -0.25) is 0 Å². The molecule has 0 aliphatic heterocycles. The fourth-order valence-electron chi connectivity index (χ4n) is 1.86. The summed E-state index contributed by atoms with van der Waals surface area (Å²) in [4.78, 5) is 0. The molecule has 0 saturated carbocycles. The molecule has 0 aromatic rings. The molecule has 72 valence electrons. The molecule has 0 radical (unpaired) electrons. The molecule has 0 bridgehead atoms. The first-order valence-corrected chi connectivity index (χ1v) is 7.64. The van der Waals surface area contributed by atoms with Gasteiger partial charge in [-0.2, -0.15) is 0 Å². The van der Waals surface area contributed by atoms with E-state index in [-0.39, 0.29) is 0 Å². The zero-order valence-electron chi connectivity index (χ0n) is 9.15. The van der Waals surface area contributed by atoms with Gasteiger partial charge in [-0.25, -0.2) is 0 Å². The van der Waals surface area contributed by atoms with Crippen LogP contribution in [0.4, 0.5) is 0 Å². The van der Waals surface area contributed by atoms with Crippen molar-refractivity contribution in [3.63, 3.8) is 0 Å². The minimum atomic E-state index is -0.436. The van der Waals surface area contributed by atoms with Crippen molar-refractivity contribution >= 4 is 0 Å². The summed E-state index contributed by atoms with van der Waals surface area (Å²) in [6.07, 6.45) is 9.52. The molecule has 0 N–H and O–H groups in total. The number of allylic oxidation sites excluding steroid dienone is 8. The predicted molar refractivity (Wildman–Crippen MR) is 57.5 cm³/mol. The molecule has 0 saturated heterocycles. The Balaban J connectivity index is 2.11. The van der Waals surface area contributed by atoms with Gasteiger partial charge in [-0.1, -0.05) is 0 Å². The van der Waals surface area contributed by atoms with Crippen LogP contribution in [0.25, 0.3) is 0 Å². The Morgan fingerprint density at radius 2 is 1.93 bits per heavy atom. The normalized spacial score (nSPS) is 20.9. The molecule has 0 atom stereocenters. The quantitative estimate of drug-likeness (QED) is 0.708. The van der Waals surface area contributed by atoms with E-state index in [9.17, 15) is 0 Å². The Bertz CT molecular complexity index is 378. The molecule has 0 nitrogen and oxygen atoms in total. The van der Waals surface area contributed by atoms with E-state index >= 15 is 0 Å². The van der Waals surface area contributed by atoms with Crippen LogP contribution >= 0.6 is 0 Å². The monoisotopic (exact) mass is 262 g/mol. The van der Waals surface area contributed by atoms with Crippen LogP contribution in [0.3, 0.4) is 0 Å². The van der Waals surface area contributed by atoms with E-state index in [1.165, 1.54) is 12.8 Å². The molecule has 2 aliphatic carbocycles. The first kappa shape index (κ1) is 10.4. The second-order valence-corrected chi connectivity index (χ2v) is 7.54. The summed E-state index contributed by atoms with van der Waals surface area (Å²) in [5.41, 5.74) is 4.74. The summed E-state index contributed by atoms with van der Waals surface area (Å²) in [5.74, 6) is 0. The first-order chi connectivity index (χ1) is 6.68. The second-order valence-electron chi connectivity index (χ2n) is 4.12. The van der Waals surface area contributed by atoms with Crippen LogP contribution in [-0.4, -0.2) is 0 Å². The third-order valence-corrected chi connectivity index (χ3v) is 7.41. The van der Waals surface area contributed by atoms with Crippen LogP contribution < -0.4 is 0 Å². The Labute approximate surface area is 98.0 Å². The summed E-state index contributed by atoms with van der Waals surface area (Å²) < 4.78 is 3.50. The zero-order valence-corrected chi connectivity index (χ0v) is 11.6. The summed E-state index contributed by atoms with van der Waals surface area (Å²) in [6.45, 7) is 6.83. The van der Waals surface area contributed by atoms with Gasteiger partial charge < -0.3 is 0 Å². The Hall–Kier alpha value is -0.157. The Morgan fingerprint density at radius 3 is 2.43 bits per heavy atom. The molecule has 0 fully saturated rings. The van der Waals surface area contributed by atoms with Crippen molar-refractivity contribution in [2.45, 2.75) is 33.6 Å². The van der Waals surface area contributed by atoms with Gasteiger partial charge >= 0.3 is 98.4 Å². The summed E-state index contributed by atoms with van der Waals surface area (Å²) in [7, 11) is 0.